The first kappa shape index (κ1) is 12.7. The van der Waals surface area contributed by atoms with Crippen LogP contribution in [0.5, 0.6) is 0 Å². The molecule has 3 nitrogen and oxygen atoms in total. The fraction of sp³-hybridized carbons (Fsp3) is 0.250. The van der Waals surface area contributed by atoms with Crippen LogP contribution >= 0.6 is 11.6 Å². The molecule has 8 heteroatoms. The number of hydrogen-bond acceptors (Lipinski definition) is 2. The number of rotatable bonds is 3. The number of carbonyl (C=O) groups excluding carboxylic acids is 1. The summed E-state index contributed by atoms with van der Waals surface area (Å²) in [5, 5.41) is 1.55. The molecule has 16 heavy (non-hydrogen) atoms. The van der Waals surface area contributed by atoms with Crippen LogP contribution in [0, 0.1) is 0 Å². The van der Waals surface area contributed by atoms with Gasteiger partial charge in [-0.3, -0.25) is 4.79 Å². The van der Waals surface area contributed by atoms with Gasteiger partial charge in [-0.05, 0) is 12.1 Å². The van der Waals surface area contributed by atoms with Gasteiger partial charge in [-0.25, -0.2) is 13.8 Å². The zero-order chi connectivity index (χ0) is 12.3. The van der Waals surface area contributed by atoms with Crippen molar-refractivity contribution < 1.29 is 22.4 Å². The maximum atomic E-state index is 12.5. The van der Waals surface area contributed by atoms with E-state index < -0.39 is 18.3 Å². The van der Waals surface area contributed by atoms with Crippen molar-refractivity contribution in [3.63, 3.8) is 0 Å². The lowest BCUT2D eigenvalue weighted by Crippen LogP contribution is -2.40. The third-order valence-corrected chi connectivity index (χ3v) is 1.77. The highest BCUT2D eigenvalue weighted by molar-refractivity contribution is 6.29. The predicted molar refractivity (Wildman–Crippen MR) is 48.8 cm³/mol. The molecule has 0 saturated carbocycles. The summed E-state index contributed by atoms with van der Waals surface area (Å²) in [5.74, 6) is -6.83. The van der Waals surface area contributed by atoms with Crippen LogP contribution in [-0.4, -0.2) is 23.2 Å². The van der Waals surface area contributed by atoms with Gasteiger partial charge < -0.3 is 5.32 Å². The van der Waals surface area contributed by atoms with E-state index in [1.165, 1.54) is 0 Å². The Kier molecular flexibility index (Phi) is 3.69. The monoisotopic (exact) mass is 256 g/mol. The first-order valence-electron chi connectivity index (χ1n) is 3.93. The second-order valence-electron chi connectivity index (χ2n) is 2.75. The van der Waals surface area contributed by atoms with Crippen LogP contribution in [0.4, 0.5) is 23.2 Å². The fourth-order valence-electron chi connectivity index (χ4n) is 0.794. The third-order valence-electron chi connectivity index (χ3n) is 1.56. The number of pyridine rings is 1. The van der Waals surface area contributed by atoms with E-state index in [1.807, 2.05) is 0 Å². The topological polar surface area (TPSA) is 42.0 Å². The summed E-state index contributed by atoms with van der Waals surface area (Å²) in [7, 11) is 0. The van der Waals surface area contributed by atoms with Gasteiger partial charge in [-0.2, -0.15) is 8.78 Å². The molecule has 1 N–H and O–H groups in total. The van der Waals surface area contributed by atoms with Crippen molar-refractivity contribution in [2.75, 3.05) is 5.32 Å². The van der Waals surface area contributed by atoms with Gasteiger partial charge in [0.1, 0.15) is 5.15 Å². The van der Waals surface area contributed by atoms with Crippen molar-refractivity contribution in [3.8, 4) is 0 Å². The molecular weight excluding hydrogens is 252 g/mol. The SMILES string of the molecule is O=C(Nc1ccnc(Cl)c1)C(F)(F)C(F)F. The normalized spacial score (nSPS) is 11.6. The van der Waals surface area contributed by atoms with Crippen LogP contribution in [0.2, 0.25) is 5.15 Å². The average Bonchev–Trinajstić information content (AvgIpc) is 2.17. The minimum atomic E-state index is -4.74. The van der Waals surface area contributed by atoms with Crippen LogP contribution < -0.4 is 5.32 Å². The molecule has 0 aliphatic heterocycles. The number of carbonyl (C=O) groups is 1. The Hall–Kier alpha value is -1.37. The van der Waals surface area contributed by atoms with Gasteiger partial charge in [0, 0.05) is 11.9 Å². The highest BCUT2D eigenvalue weighted by Gasteiger charge is 2.48. The Labute approximate surface area is 92.4 Å². The van der Waals surface area contributed by atoms with Crippen molar-refractivity contribution in [2.24, 2.45) is 0 Å². The number of alkyl halides is 4. The molecule has 1 heterocycles. The highest BCUT2D eigenvalue weighted by Crippen LogP contribution is 2.25. The fourth-order valence-corrected chi connectivity index (χ4v) is 0.968. The molecule has 0 spiro atoms. The number of aromatic nitrogens is 1. The molecule has 0 saturated heterocycles. The average molecular weight is 257 g/mol. The van der Waals surface area contributed by atoms with Gasteiger partial charge in [-0.1, -0.05) is 11.6 Å². The van der Waals surface area contributed by atoms with Crippen molar-refractivity contribution in [1.82, 2.24) is 4.98 Å². The van der Waals surface area contributed by atoms with Crippen molar-refractivity contribution in [2.45, 2.75) is 12.3 Å². The molecule has 1 aromatic rings. The van der Waals surface area contributed by atoms with Crippen LogP contribution in [0.15, 0.2) is 18.3 Å². The third kappa shape index (κ3) is 2.82. The molecule has 88 valence electrons. The molecule has 0 fully saturated rings. The lowest BCUT2D eigenvalue weighted by atomic mass is 10.3. The van der Waals surface area contributed by atoms with Crippen LogP contribution in [0.25, 0.3) is 0 Å². The van der Waals surface area contributed by atoms with E-state index in [-0.39, 0.29) is 10.8 Å². The molecule has 0 radical (unpaired) electrons. The van der Waals surface area contributed by atoms with E-state index >= 15 is 0 Å². The smallest absolute Gasteiger partial charge is 0.320 e. The second-order valence-corrected chi connectivity index (χ2v) is 3.13. The molecule has 1 rings (SSSR count). The van der Waals surface area contributed by atoms with Crippen LogP contribution in [0.3, 0.4) is 0 Å². The number of nitrogens with one attached hydrogen (secondary N) is 1. The summed E-state index contributed by atoms with van der Waals surface area (Å²) in [6.45, 7) is 0. The number of halogens is 5. The van der Waals surface area contributed by atoms with E-state index in [0.29, 0.717) is 0 Å². The molecule has 0 bridgehead atoms. The minimum Gasteiger partial charge on any atom is -0.320 e. The van der Waals surface area contributed by atoms with Gasteiger partial charge in [0.15, 0.2) is 0 Å². The zero-order valence-corrected chi connectivity index (χ0v) is 8.31. The predicted octanol–water partition coefficient (Wildman–Crippen LogP) is 2.57. The minimum absolute atomic E-state index is 0.0573. The summed E-state index contributed by atoms with van der Waals surface area (Å²) in [4.78, 5) is 14.3. The highest BCUT2D eigenvalue weighted by atomic mass is 35.5. The van der Waals surface area contributed by atoms with Crippen molar-refractivity contribution in [1.29, 1.82) is 0 Å². The quantitative estimate of drug-likeness (QED) is 0.667. The molecule has 1 amide bonds. The Morgan fingerprint density at radius 3 is 2.62 bits per heavy atom. The lowest BCUT2D eigenvalue weighted by Gasteiger charge is -2.14. The molecule has 0 unspecified atom stereocenters. The summed E-state index contributed by atoms with van der Waals surface area (Å²) in [6.07, 6.45) is -2.93. The zero-order valence-electron chi connectivity index (χ0n) is 7.55. The molecular formula is C8H5ClF4N2O. The Bertz CT molecular complexity index is 399. The Morgan fingerprint density at radius 2 is 2.12 bits per heavy atom. The second kappa shape index (κ2) is 4.65. The van der Waals surface area contributed by atoms with Crippen molar-refractivity contribution >= 4 is 23.2 Å². The maximum Gasteiger partial charge on any atom is 0.383 e. The standard InChI is InChI=1S/C8H5ClF4N2O/c9-5-3-4(1-2-14-5)15-7(16)8(12,13)6(10)11/h1-3,6H,(H,14,15,16). The largest absolute Gasteiger partial charge is 0.383 e. The molecule has 0 aromatic carbocycles. The first-order valence-corrected chi connectivity index (χ1v) is 4.31. The van der Waals surface area contributed by atoms with Gasteiger partial charge in [0.2, 0.25) is 0 Å². The Morgan fingerprint density at radius 1 is 1.50 bits per heavy atom. The summed E-state index contributed by atoms with van der Waals surface area (Å²) in [5.41, 5.74) is -0.134. The summed E-state index contributed by atoms with van der Waals surface area (Å²) < 4.78 is 48.6. The van der Waals surface area contributed by atoms with E-state index in [2.05, 4.69) is 4.98 Å². The molecule has 0 atom stereocenters. The first-order chi connectivity index (χ1) is 7.34. The summed E-state index contributed by atoms with van der Waals surface area (Å²) in [6, 6.07) is 2.20. The van der Waals surface area contributed by atoms with Gasteiger partial charge in [-0.15, -0.1) is 0 Å². The van der Waals surface area contributed by atoms with Crippen LogP contribution in [0.1, 0.15) is 0 Å². The van der Waals surface area contributed by atoms with E-state index in [0.717, 1.165) is 18.3 Å². The van der Waals surface area contributed by atoms with E-state index in [9.17, 15) is 22.4 Å². The number of anilines is 1. The maximum absolute atomic E-state index is 12.5. The molecule has 0 aliphatic carbocycles. The number of hydrogen-bond donors (Lipinski definition) is 1. The molecule has 1 aromatic heterocycles. The molecule has 0 aliphatic rings. The van der Waals surface area contributed by atoms with E-state index in [4.69, 9.17) is 11.6 Å². The van der Waals surface area contributed by atoms with E-state index in [1.54, 1.807) is 5.32 Å². The van der Waals surface area contributed by atoms with Gasteiger partial charge in [0.05, 0.1) is 0 Å². The number of nitrogens with zero attached hydrogens (tertiary/aromatic N) is 1. The Balaban J connectivity index is 2.79. The van der Waals surface area contributed by atoms with Gasteiger partial charge >= 0.3 is 18.3 Å². The number of amides is 1. The van der Waals surface area contributed by atoms with Crippen molar-refractivity contribution in [3.05, 3.63) is 23.5 Å². The van der Waals surface area contributed by atoms with Crippen LogP contribution in [-0.2, 0) is 4.79 Å². The van der Waals surface area contributed by atoms with Gasteiger partial charge in [0.25, 0.3) is 0 Å². The lowest BCUT2D eigenvalue weighted by molar-refractivity contribution is -0.163. The summed E-state index contributed by atoms with van der Waals surface area (Å²) >= 11 is 5.41.